The second-order valence-corrected chi connectivity index (χ2v) is 6.99. The third kappa shape index (κ3) is 3.89. The number of benzene rings is 2. The van der Waals surface area contributed by atoms with Gasteiger partial charge in [0.05, 0.1) is 5.69 Å². The van der Waals surface area contributed by atoms with Crippen molar-refractivity contribution in [3.63, 3.8) is 0 Å². The van der Waals surface area contributed by atoms with E-state index in [1.165, 1.54) is 23.9 Å². The maximum Gasteiger partial charge on any atom is 0.192 e. The molecule has 0 fully saturated rings. The molecule has 0 aliphatic heterocycles. The van der Waals surface area contributed by atoms with Gasteiger partial charge in [0.2, 0.25) is 0 Å². The van der Waals surface area contributed by atoms with Gasteiger partial charge in [0, 0.05) is 29.5 Å². The molecule has 0 unspecified atom stereocenters. The molecule has 0 spiro atoms. The Hall–Kier alpha value is -3.19. The Morgan fingerprint density at radius 1 is 1.04 bits per heavy atom. The maximum absolute atomic E-state index is 13.2. The lowest BCUT2D eigenvalue weighted by Crippen LogP contribution is -2.00. The van der Waals surface area contributed by atoms with Gasteiger partial charge in [0.15, 0.2) is 16.7 Å². The van der Waals surface area contributed by atoms with Crippen LogP contribution in [0.4, 0.5) is 4.39 Å². The van der Waals surface area contributed by atoms with E-state index >= 15 is 0 Å². The normalized spacial score (nSPS) is 10.9. The fraction of sp³-hybridized carbons (Fsp3) is 0.0952. The van der Waals surface area contributed by atoms with Crippen LogP contribution < -0.4 is 0 Å². The molecule has 0 N–H and O–H groups in total. The molecule has 0 amide bonds. The Morgan fingerprint density at radius 3 is 2.57 bits per heavy atom. The van der Waals surface area contributed by atoms with Gasteiger partial charge in [-0.2, -0.15) is 0 Å². The zero-order chi connectivity index (χ0) is 19.3. The molecular weight excluding hydrogens is 375 g/mol. The molecule has 2 heterocycles. The Bertz CT molecular complexity index is 1070. The molecule has 4 rings (SSSR count). The number of thioether (sulfide) groups is 1. The fourth-order valence-corrected chi connectivity index (χ4v) is 3.59. The SMILES string of the molecule is C=CCn1c(SCc2cc(-c3ccccc3)on2)nnc1-c1ccc(F)cc1. The van der Waals surface area contributed by atoms with Gasteiger partial charge in [-0.3, -0.25) is 4.57 Å². The van der Waals surface area contributed by atoms with E-state index in [9.17, 15) is 4.39 Å². The fourth-order valence-electron chi connectivity index (χ4n) is 2.76. The Balaban J connectivity index is 1.53. The van der Waals surface area contributed by atoms with Crippen molar-refractivity contribution in [3.8, 4) is 22.7 Å². The number of rotatable bonds is 7. The molecule has 2 aromatic heterocycles. The van der Waals surface area contributed by atoms with Crippen LogP contribution in [-0.2, 0) is 12.3 Å². The van der Waals surface area contributed by atoms with E-state index in [0.717, 1.165) is 27.7 Å². The summed E-state index contributed by atoms with van der Waals surface area (Å²) in [5.41, 5.74) is 2.61. The van der Waals surface area contributed by atoms with Crippen LogP contribution in [0.3, 0.4) is 0 Å². The van der Waals surface area contributed by atoms with Gasteiger partial charge in [-0.25, -0.2) is 4.39 Å². The molecular formula is C21H17FN4OS. The summed E-state index contributed by atoms with van der Waals surface area (Å²) in [6, 6.07) is 18.0. The molecule has 4 aromatic rings. The summed E-state index contributed by atoms with van der Waals surface area (Å²) in [5.74, 6) is 1.71. The van der Waals surface area contributed by atoms with Crippen molar-refractivity contribution in [2.75, 3.05) is 0 Å². The average molecular weight is 392 g/mol. The average Bonchev–Trinajstić information content (AvgIpc) is 3.35. The van der Waals surface area contributed by atoms with E-state index in [0.29, 0.717) is 18.1 Å². The highest BCUT2D eigenvalue weighted by Crippen LogP contribution is 2.28. The molecule has 5 nitrogen and oxygen atoms in total. The predicted octanol–water partition coefficient (Wildman–Crippen LogP) is 5.22. The van der Waals surface area contributed by atoms with Crippen molar-refractivity contribution >= 4 is 11.8 Å². The third-order valence-corrected chi connectivity index (χ3v) is 5.10. The minimum atomic E-state index is -0.284. The lowest BCUT2D eigenvalue weighted by Gasteiger charge is -2.07. The second-order valence-electron chi connectivity index (χ2n) is 6.05. The molecule has 0 saturated heterocycles. The van der Waals surface area contributed by atoms with Crippen molar-refractivity contribution in [1.29, 1.82) is 0 Å². The quantitative estimate of drug-likeness (QED) is 0.319. The summed E-state index contributed by atoms with van der Waals surface area (Å²) in [4.78, 5) is 0. The van der Waals surface area contributed by atoms with Crippen molar-refractivity contribution < 1.29 is 8.91 Å². The number of hydrogen-bond donors (Lipinski definition) is 0. The van der Waals surface area contributed by atoms with Gasteiger partial charge >= 0.3 is 0 Å². The number of nitrogens with zero attached hydrogens (tertiary/aromatic N) is 4. The van der Waals surface area contributed by atoms with Gasteiger partial charge in [0.25, 0.3) is 0 Å². The lowest BCUT2D eigenvalue weighted by molar-refractivity contribution is 0.426. The topological polar surface area (TPSA) is 56.7 Å². The van der Waals surface area contributed by atoms with E-state index < -0.39 is 0 Å². The van der Waals surface area contributed by atoms with E-state index in [2.05, 4.69) is 21.9 Å². The molecule has 0 saturated carbocycles. The van der Waals surface area contributed by atoms with Crippen LogP contribution in [-0.4, -0.2) is 19.9 Å². The second kappa shape index (κ2) is 8.22. The molecule has 0 aliphatic carbocycles. The molecule has 0 aliphatic rings. The molecule has 28 heavy (non-hydrogen) atoms. The van der Waals surface area contributed by atoms with Gasteiger partial charge in [-0.1, -0.05) is 53.3 Å². The van der Waals surface area contributed by atoms with E-state index in [-0.39, 0.29) is 5.82 Å². The van der Waals surface area contributed by atoms with Gasteiger partial charge in [0.1, 0.15) is 5.82 Å². The van der Waals surface area contributed by atoms with Crippen LogP contribution in [0.1, 0.15) is 5.69 Å². The third-order valence-electron chi connectivity index (χ3n) is 4.10. The molecule has 0 radical (unpaired) electrons. The van der Waals surface area contributed by atoms with E-state index in [1.54, 1.807) is 18.2 Å². The zero-order valence-corrected chi connectivity index (χ0v) is 15.8. The largest absolute Gasteiger partial charge is 0.356 e. The van der Waals surface area contributed by atoms with Gasteiger partial charge in [-0.15, -0.1) is 16.8 Å². The highest BCUT2D eigenvalue weighted by Gasteiger charge is 2.15. The van der Waals surface area contributed by atoms with Crippen LogP contribution in [0.15, 0.2) is 83.0 Å². The molecule has 7 heteroatoms. The van der Waals surface area contributed by atoms with Gasteiger partial charge < -0.3 is 4.52 Å². The summed E-state index contributed by atoms with van der Waals surface area (Å²) >= 11 is 1.51. The first-order valence-corrected chi connectivity index (χ1v) is 9.67. The number of hydrogen-bond acceptors (Lipinski definition) is 5. The maximum atomic E-state index is 13.2. The highest BCUT2D eigenvalue weighted by atomic mass is 32.2. The van der Waals surface area contributed by atoms with Crippen molar-refractivity contribution in [1.82, 2.24) is 19.9 Å². The Kier molecular flexibility index (Phi) is 5.34. The van der Waals surface area contributed by atoms with E-state index in [4.69, 9.17) is 4.52 Å². The van der Waals surface area contributed by atoms with Crippen LogP contribution in [0, 0.1) is 5.82 Å². The molecule has 2 aromatic carbocycles. The van der Waals surface area contributed by atoms with Gasteiger partial charge in [-0.05, 0) is 24.3 Å². The molecule has 0 bridgehead atoms. The minimum Gasteiger partial charge on any atom is -0.356 e. The first kappa shape index (κ1) is 18.2. The van der Waals surface area contributed by atoms with Crippen molar-refractivity contribution in [2.45, 2.75) is 17.5 Å². The summed E-state index contributed by atoms with van der Waals surface area (Å²) in [7, 11) is 0. The Labute approximate surface area is 165 Å². The van der Waals surface area contributed by atoms with Crippen molar-refractivity contribution in [3.05, 3.63) is 84.8 Å². The summed E-state index contributed by atoms with van der Waals surface area (Å²) in [5, 5.41) is 13.4. The summed E-state index contributed by atoms with van der Waals surface area (Å²) in [6.45, 7) is 4.36. The summed E-state index contributed by atoms with van der Waals surface area (Å²) in [6.07, 6.45) is 1.78. The minimum absolute atomic E-state index is 0.284. The molecule has 0 atom stereocenters. The first-order chi connectivity index (χ1) is 13.7. The number of halogens is 1. The molecule has 140 valence electrons. The van der Waals surface area contributed by atoms with Crippen LogP contribution in [0.25, 0.3) is 22.7 Å². The summed E-state index contributed by atoms with van der Waals surface area (Å²) < 4.78 is 20.6. The first-order valence-electron chi connectivity index (χ1n) is 8.68. The van der Waals surface area contributed by atoms with Crippen LogP contribution in [0.5, 0.6) is 0 Å². The lowest BCUT2D eigenvalue weighted by atomic mass is 10.2. The zero-order valence-electron chi connectivity index (χ0n) is 15.0. The number of aromatic nitrogens is 4. The monoisotopic (exact) mass is 392 g/mol. The van der Waals surface area contributed by atoms with E-state index in [1.807, 2.05) is 41.0 Å². The predicted molar refractivity (Wildman–Crippen MR) is 107 cm³/mol. The van der Waals surface area contributed by atoms with Crippen LogP contribution in [0.2, 0.25) is 0 Å². The number of allylic oxidation sites excluding steroid dienone is 1. The van der Waals surface area contributed by atoms with Crippen LogP contribution >= 0.6 is 11.8 Å². The standard InChI is InChI=1S/C21H17FN4OS/c1-2-12-26-20(16-8-10-17(22)11-9-16)23-24-21(26)28-14-18-13-19(27-25-18)15-6-4-3-5-7-15/h2-11,13H,1,12,14H2. The Morgan fingerprint density at radius 2 is 1.82 bits per heavy atom. The smallest absolute Gasteiger partial charge is 0.192 e. The highest BCUT2D eigenvalue weighted by molar-refractivity contribution is 7.98. The van der Waals surface area contributed by atoms with Crippen molar-refractivity contribution in [2.24, 2.45) is 0 Å².